The topological polar surface area (TPSA) is 89.9 Å². The second kappa shape index (κ2) is 7.74. The average Bonchev–Trinajstić information content (AvgIpc) is 3.22. The molecule has 0 unspecified atom stereocenters. The van der Waals surface area contributed by atoms with Gasteiger partial charge >= 0.3 is 5.97 Å². The monoisotopic (exact) mass is 372 g/mol. The summed E-state index contributed by atoms with van der Waals surface area (Å²) in [5, 5.41) is 9.13. The molecule has 1 aromatic carbocycles. The summed E-state index contributed by atoms with van der Waals surface area (Å²) < 4.78 is 6.90. The Balaban J connectivity index is 1.98. The van der Waals surface area contributed by atoms with Gasteiger partial charge in [0.1, 0.15) is 0 Å². The summed E-state index contributed by atoms with van der Waals surface area (Å²) >= 11 is 1.07. The van der Waals surface area contributed by atoms with Crippen LogP contribution in [0.3, 0.4) is 0 Å². The molecular weight excluding hydrogens is 352 g/mol. The van der Waals surface area contributed by atoms with Crippen molar-refractivity contribution in [1.29, 1.82) is 0 Å². The molecule has 136 valence electrons. The minimum absolute atomic E-state index is 0.226. The number of para-hydroxylation sites is 1. The summed E-state index contributed by atoms with van der Waals surface area (Å²) in [6.45, 7) is 5.89. The van der Waals surface area contributed by atoms with Gasteiger partial charge in [-0.1, -0.05) is 30.0 Å². The van der Waals surface area contributed by atoms with Gasteiger partial charge in [-0.05, 0) is 26.8 Å². The number of benzene rings is 1. The van der Waals surface area contributed by atoms with Gasteiger partial charge in [0, 0.05) is 29.2 Å². The standard InChI is InChI=1S/C18H20N4O3S/c1-4-22-16(13-10-19-14-9-7-6-8-12(13)14)20-21-18(22)26-15(11(3)23)17(24)25-5-2/h6-10,15,19H,4-5H2,1-3H3/t15-/m1/s1. The molecule has 0 aliphatic carbocycles. The van der Waals surface area contributed by atoms with Gasteiger partial charge in [0.2, 0.25) is 0 Å². The molecule has 2 heterocycles. The number of hydrogen-bond acceptors (Lipinski definition) is 6. The second-order valence-electron chi connectivity index (χ2n) is 5.66. The fourth-order valence-electron chi connectivity index (χ4n) is 2.74. The zero-order chi connectivity index (χ0) is 18.7. The van der Waals surface area contributed by atoms with Crippen LogP contribution in [0.15, 0.2) is 35.6 Å². The van der Waals surface area contributed by atoms with E-state index in [0.29, 0.717) is 17.5 Å². The van der Waals surface area contributed by atoms with Crippen molar-refractivity contribution < 1.29 is 14.3 Å². The third kappa shape index (κ3) is 3.37. The molecule has 1 N–H and O–H groups in total. The summed E-state index contributed by atoms with van der Waals surface area (Å²) in [6, 6.07) is 7.94. The lowest BCUT2D eigenvalue weighted by atomic mass is 10.1. The number of rotatable bonds is 7. The summed E-state index contributed by atoms with van der Waals surface area (Å²) in [5.74, 6) is -0.129. The number of carbonyl (C=O) groups excluding carboxylic acids is 2. The van der Waals surface area contributed by atoms with Crippen LogP contribution in [-0.4, -0.2) is 43.4 Å². The van der Waals surface area contributed by atoms with Crippen molar-refractivity contribution >= 4 is 34.4 Å². The molecule has 2 aromatic heterocycles. The lowest BCUT2D eigenvalue weighted by Gasteiger charge is -2.12. The lowest BCUT2D eigenvalue weighted by molar-refractivity contribution is -0.144. The van der Waals surface area contributed by atoms with Gasteiger partial charge in [-0.2, -0.15) is 0 Å². The molecule has 0 spiro atoms. The molecule has 8 heteroatoms. The largest absolute Gasteiger partial charge is 0.465 e. The van der Waals surface area contributed by atoms with Crippen LogP contribution >= 0.6 is 11.8 Å². The van der Waals surface area contributed by atoms with E-state index in [0.717, 1.165) is 28.2 Å². The first kappa shape index (κ1) is 18.2. The highest BCUT2D eigenvalue weighted by atomic mass is 32.2. The van der Waals surface area contributed by atoms with E-state index in [1.165, 1.54) is 6.92 Å². The SMILES string of the molecule is CCOC(=O)[C@H](Sc1nnc(-c2c[nH]c3ccccc23)n1CC)C(C)=O. The highest BCUT2D eigenvalue weighted by molar-refractivity contribution is 8.01. The number of esters is 1. The van der Waals surface area contributed by atoms with E-state index >= 15 is 0 Å². The first-order valence-electron chi connectivity index (χ1n) is 8.40. The van der Waals surface area contributed by atoms with E-state index in [1.807, 2.05) is 42.0 Å². The van der Waals surface area contributed by atoms with Crippen LogP contribution in [0.25, 0.3) is 22.3 Å². The fourth-order valence-corrected chi connectivity index (χ4v) is 3.71. The Kier molecular flexibility index (Phi) is 5.41. The van der Waals surface area contributed by atoms with Crippen molar-refractivity contribution in [2.24, 2.45) is 0 Å². The van der Waals surface area contributed by atoms with Crippen LogP contribution in [0.1, 0.15) is 20.8 Å². The van der Waals surface area contributed by atoms with Gasteiger partial charge in [-0.25, -0.2) is 0 Å². The maximum atomic E-state index is 12.1. The number of nitrogens with zero attached hydrogens (tertiary/aromatic N) is 3. The number of ether oxygens (including phenoxy) is 1. The first-order valence-corrected chi connectivity index (χ1v) is 9.28. The van der Waals surface area contributed by atoms with Crippen LogP contribution < -0.4 is 0 Å². The van der Waals surface area contributed by atoms with Crippen molar-refractivity contribution in [2.75, 3.05) is 6.61 Å². The van der Waals surface area contributed by atoms with Crippen LogP contribution in [0, 0.1) is 0 Å². The molecule has 0 amide bonds. The Morgan fingerprint density at radius 1 is 1.27 bits per heavy atom. The molecule has 0 radical (unpaired) electrons. The molecule has 0 aliphatic rings. The predicted molar refractivity (Wildman–Crippen MR) is 99.9 cm³/mol. The number of Topliss-reactive ketones (excluding diaryl/α,β-unsaturated/α-hetero) is 1. The van der Waals surface area contributed by atoms with Gasteiger partial charge in [0.05, 0.1) is 6.61 Å². The van der Waals surface area contributed by atoms with E-state index in [9.17, 15) is 9.59 Å². The average molecular weight is 372 g/mol. The molecule has 0 saturated heterocycles. The van der Waals surface area contributed by atoms with E-state index < -0.39 is 11.2 Å². The van der Waals surface area contributed by atoms with Gasteiger partial charge in [-0.15, -0.1) is 10.2 Å². The van der Waals surface area contributed by atoms with Crippen molar-refractivity contribution in [3.05, 3.63) is 30.5 Å². The summed E-state index contributed by atoms with van der Waals surface area (Å²) in [4.78, 5) is 27.2. The Morgan fingerprint density at radius 3 is 2.73 bits per heavy atom. The number of nitrogens with one attached hydrogen (secondary N) is 1. The fraction of sp³-hybridized carbons (Fsp3) is 0.333. The highest BCUT2D eigenvalue weighted by Gasteiger charge is 2.29. The van der Waals surface area contributed by atoms with E-state index in [2.05, 4.69) is 15.2 Å². The van der Waals surface area contributed by atoms with Crippen molar-refractivity contribution in [3.63, 3.8) is 0 Å². The Morgan fingerprint density at radius 2 is 2.04 bits per heavy atom. The van der Waals surface area contributed by atoms with Crippen LogP contribution in [-0.2, 0) is 20.9 Å². The molecule has 26 heavy (non-hydrogen) atoms. The molecule has 0 saturated carbocycles. The van der Waals surface area contributed by atoms with Gasteiger partial charge in [0.15, 0.2) is 22.0 Å². The van der Waals surface area contributed by atoms with E-state index in [-0.39, 0.29) is 12.4 Å². The molecule has 0 fully saturated rings. The minimum Gasteiger partial charge on any atom is -0.465 e. The smallest absolute Gasteiger partial charge is 0.327 e. The number of hydrogen-bond donors (Lipinski definition) is 1. The number of carbonyl (C=O) groups is 2. The zero-order valence-electron chi connectivity index (χ0n) is 14.9. The van der Waals surface area contributed by atoms with Gasteiger partial charge in [0.25, 0.3) is 0 Å². The Labute approximate surface area is 155 Å². The normalized spacial score (nSPS) is 12.3. The number of aromatic amines is 1. The molecule has 0 aliphatic heterocycles. The van der Waals surface area contributed by atoms with Crippen LogP contribution in [0.2, 0.25) is 0 Å². The Hall–Kier alpha value is -2.61. The predicted octanol–water partition coefficient (Wildman–Crippen LogP) is 3.06. The number of H-pyrrole nitrogens is 1. The molecular formula is C18H20N4O3S. The zero-order valence-corrected chi connectivity index (χ0v) is 15.7. The van der Waals surface area contributed by atoms with E-state index in [4.69, 9.17) is 4.74 Å². The quantitative estimate of drug-likeness (QED) is 0.389. The molecule has 3 rings (SSSR count). The number of ketones is 1. The molecule has 3 aromatic rings. The van der Waals surface area contributed by atoms with Crippen molar-refractivity contribution in [1.82, 2.24) is 19.7 Å². The van der Waals surface area contributed by atoms with Crippen molar-refractivity contribution in [2.45, 2.75) is 37.7 Å². The van der Waals surface area contributed by atoms with Gasteiger partial charge < -0.3 is 14.3 Å². The van der Waals surface area contributed by atoms with E-state index in [1.54, 1.807) is 6.92 Å². The third-order valence-corrected chi connectivity index (χ3v) is 5.23. The van der Waals surface area contributed by atoms with Crippen molar-refractivity contribution in [3.8, 4) is 11.4 Å². The second-order valence-corrected chi connectivity index (χ2v) is 6.73. The first-order chi connectivity index (χ1) is 12.6. The summed E-state index contributed by atoms with van der Waals surface area (Å²) in [6.07, 6.45) is 1.89. The summed E-state index contributed by atoms with van der Waals surface area (Å²) in [5.41, 5.74) is 1.94. The van der Waals surface area contributed by atoms with Crippen LogP contribution in [0.5, 0.6) is 0 Å². The summed E-state index contributed by atoms with van der Waals surface area (Å²) in [7, 11) is 0. The molecule has 0 bridgehead atoms. The maximum Gasteiger partial charge on any atom is 0.327 e. The van der Waals surface area contributed by atoms with Gasteiger partial charge in [-0.3, -0.25) is 9.59 Å². The number of aromatic nitrogens is 4. The number of fused-ring (bicyclic) bond motifs is 1. The number of thioether (sulfide) groups is 1. The van der Waals surface area contributed by atoms with Crippen LogP contribution in [0.4, 0.5) is 0 Å². The molecule has 7 nitrogen and oxygen atoms in total. The highest BCUT2D eigenvalue weighted by Crippen LogP contribution is 2.31. The Bertz CT molecular complexity index is 947. The lowest BCUT2D eigenvalue weighted by Crippen LogP contribution is -2.27. The molecule has 1 atom stereocenters. The third-order valence-electron chi connectivity index (χ3n) is 3.96. The maximum absolute atomic E-state index is 12.1. The minimum atomic E-state index is -0.944.